The first kappa shape index (κ1) is 44.3. The van der Waals surface area contributed by atoms with Gasteiger partial charge in [0.1, 0.15) is 38.1 Å². The molecular formula is C43H44F2N4O10S2. The first-order valence-electron chi connectivity index (χ1n) is 18.9. The number of halogens is 2. The number of unbranched alkanes of at least 4 members (excludes halogenated alkanes) is 1. The minimum absolute atomic E-state index is 0.0506. The highest BCUT2D eigenvalue weighted by Crippen LogP contribution is 2.62. The molecule has 0 saturated heterocycles. The number of anilines is 2. The van der Waals surface area contributed by atoms with Crippen LogP contribution in [0.3, 0.4) is 0 Å². The first-order chi connectivity index (χ1) is 28.8. The van der Waals surface area contributed by atoms with E-state index in [1.807, 2.05) is 13.0 Å². The van der Waals surface area contributed by atoms with Crippen LogP contribution in [0.15, 0.2) is 125 Å². The number of amides is 2. The fourth-order valence-electron chi connectivity index (χ4n) is 6.29. The number of fused-ring (bicyclic) bond motifs is 1. The van der Waals surface area contributed by atoms with E-state index >= 15 is 0 Å². The second kappa shape index (κ2) is 17.8. The highest BCUT2D eigenvalue weighted by atomic mass is 32.3. The lowest BCUT2D eigenvalue weighted by Crippen LogP contribution is -2.31. The van der Waals surface area contributed by atoms with Gasteiger partial charge in [-0.2, -0.15) is 8.78 Å². The second-order valence-corrected chi connectivity index (χ2v) is 18.5. The molecule has 0 spiro atoms. The maximum atomic E-state index is 13.3. The molecule has 0 atom stereocenters. The van der Waals surface area contributed by atoms with Crippen molar-refractivity contribution in [2.45, 2.75) is 52.7 Å². The number of likely N-dealkylation sites (N-methyl/N-ethyl adjacent to an activating group) is 1. The summed E-state index contributed by atoms with van der Waals surface area (Å²) < 4.78 is 89.0. The second-order valence-electron chi connectivity index (χ2n) is 14.7. The molecule has 14 nitrogen and oxygen atoms in total. The van der Waals surface area contributed by atoms with Gasteiger partial charge >= 0.3 is 12.6 Å². The number of carbonyl (C=O) groups is 3. The van der Waals surface area contributed by atoms with E-state index in [1.54, 1.807) is 99.6 Å². The first-order valence-corrected chi connectivity index (χ1v) is 21.8. The molecule has 18 heteroatoms. The molecule has 322 valence electrons. The number of hydrogen-bond donors (Lipinski definition) is 4. The van der Waals surface area contributed by atoms with Gasteiger partial charge in [0.15, 0.2) is 0 Å². The molecule has 7 rings (SSSR count). The summed E-state index contributed by atoms with van der Waals surface area (Å²) in [5.74, 6) is -1.73. The van der Waals surface area contributed by atoms with Crippen molar-refractivity contribution >= 4 is 70.7 Å². The number of benzene rings is 4. The summed E-state index contributed by atoms with van der Waals surface area (Å²) in [4.78, 5) is 38.2. The number of nitrogens with one attached hydrogen (secondary N) is 2. The molecule has 3 heterocycles. The molecule has 1 aromatic heterocycles. The van der Waals surface area contributed by atoms with Crippen molar-refractivity contribution < 1.29 is 54.6 Å². The van der Waals surface area contributed by atoms with Crippen LogP contribution in [0.1, 0.15) is 62.2 Å². The van der Waals surface area contributed by atoms with Crippen molar-refractivity contribution in [3.63, 3.8) is 0 Å². The molecule has 61 heavy (non-hydrogen) atoms. The van der Waals surface area contributed by atoms with Crippen molar-refractivity contribution in [3.05, 3.63) is 137 Å². The van der Waals surface area contributed by atoms with Crippen LogP contribution in [0, 0.1) is 0 Å². The molecule has 0 bridgehead atoms. The van der Waals surface area contributed by atoms with Crippen LogP contribution < -0.4 is 15.4 Å². The molecule has 0 radical (unpaired) electrons. The van der Waals surface area contributed by atoms with Crippen molar-refractivity contribution in [2.24, 2.45) is 0 Å². The molecule has 0 saturated carbocycles. The molecule has 2 amide bonds. The highest BCUT2D eigenvalue weighted by Gasteiger charge is 2.45. The third-order valence-corrected chi connectivity index (χ3v) is 12.9. The normalized spacial score (nSPS) is 16.5. The molecule has 0 unspecified atom stereocenters. The van der Waals surface area contributed by atoms with Gasteiger partial charge in [-0.1, -0.05) is 84.8 Å². The smallest absolute Gasteiger partial charge is 0.387 e. The van der Waals surface area contributed by atoms with Crippen LogP contribution in [0.2, 0.25) is 0 Å². The molecule has 5 aromatic rings. The van der Waals surface area contributed by atoms with Crippen molar-refractivity contribution in [1.29, 1.82) is 0 Å². The van der Waals surface area contributed by atoms with Gasteiger partial charge in [-0.3, -0.25) is 18.7 Å². The summed E-state index contributed by atoms with van der Waals surface area (Å²) in [6, 6.07) is 29.2. The number of alkyl halides is 2. The summed E-state index contributed by atoms with van der Waals surface area (Å²) in [5, 5.41) is 6.55. The standard InChI is InChI=1S/C26H30N2O6S.C17H14F2N2O4S/c1-5-6-14-28-24(29)22(23(35(28,31)32)17-10-8-7-9-11-17)27-19-13-12-18-15-21(33-20(18)16-19)25(30)34-26(2,3)4;1-21-16(22)14(15(26(21,23)24)11-5-3-2-4-6-11)20-12-7-9-13(10-8-12)25-17(18)19/h7-13,15-16,27,31-32H,5-6,14H2,1-4H3;2-10,17,20H,1H3. The Labute approximate surface area is 353 Å². The molecular weight excluding hydrogens is 835 g/mol. The van der Waals surface area contributed by atoms with Gasteiger partial charge in [0, 0.05) is 42.0 Å². The summed E-state index contributed by atoms with van der Waals surface area (Å²) in [5.41, 5.74) is 1.54. The van der Waals surface area contributed by atoms with Crippen molar-refractivity contribution in [2.75, 3.05) is 24.2 Å². The maximum absolute atomic E-state index is 13.3. The maximum Gasteiger partial charge on any atom is 0.387 e. The number of nitrogens with zero attached hydrogens (tertiary/aromatic N) is 2. The number of sulfonamides is 1. The molecule has 4 N–H and O–H groups in total. The van der Waals surface area contributed by atoms with Crippen LogP contribution in [-0.4, -0.2) is 69.7 Å². The van der Waals surface area contributed by atoms with Crippen LogP contribution in [0.25, 0.3) is 20.8 Å². The lowest BCUT2D eigenvalue weighted by atomic mass is 10.1. The van der Waals surface area contributed by atoms with Crippen LogP contribution in [0.4, 0.5) is 20.2 Å². The minimum Gasteiger partial charge on any atom is -0.454 e. The Balaban J connectivity index is 0.000000213. The van der Waals surface area contributed by atoms with Gasteiger partial charge in [0.25, 0.3) is 21.8 Å². The van der Waals surface area contributed by atoms with Gasteiger partial charge in [0.2, 0.25) is 5.76 Å². The third kappa shape index (κ3) is 9.73. The number of ether oxygens (including phenoxy) is 2. The molecule has 0 aliphatic carbocycles. The predicted octanol–water partition coefficient (Wildman–Crippen LogP) is 9.35. The van der Waals surface area contributed by atoms with Gasteiger partial charge in [-0.15, -0.1) is 0 Å². The molecule has 2 aliphatic rings. The molecule has 4 aromatic carbocycles. The van der Waals surface area contributed by atoms with Crippen LogP contribution in [-0.2, 0) is 24.3 Å². The predicted molar refractivity (Wildman–Crippen MR) is 230 cm³/mol. The van der Waals surface area contributed by atoms with Crippen LogP contribution >= 0.6 is 10.8 Å². The Morgan fingerprint density at radius 2 is 1.36 bits per heavy atom. The fraction of sp³-hybridized carbons (Fsp3) is 0.233. The van der Waals surface area contributed by atoms with Gasteiger partial charge < -0.3 is 24.5 Å². The largest absolute Gasteiger partial charge is 0.454 e. The topological polar surface area (TPSA) is 188 Å². The van der Waals surface area contributed by atoms with E-state index in [0.717, 1.165) is 10.7 Å². The Hall–Kier alpha value is -6.21. The lowest BCUT2D eigenvalue weighted by molar-refractivity contribution is -0.122. The van der Waals surface area contributed by atoms with E-state index in [2.05, 4.69) is 15.4 Å². The number of carbonyl (C=O) groups excluding carboxylic acids is 3. The zero-order valence-electron chi connectivity index (χ0n) is 33.7. The summed E-state index contributed by atoms with van der Waals surface area (Å²) in [6.07, 6.45) is 1.45. The van der Waals surface area contributed by atoms with E-state index < -0.39 is 50.8 Å². The summed E-state index contributed by atoms with van der Waals surface area (Å²) in [7, 11) is -6.33. The monoisotopic (exact) mass is 878 g/mol. The summed E-state index contributed by atoms with van der Waals surface area (Å²) >= 11 is 0. The Bertz CT molecular complexity index is 2610. The van der Waals surface area contributed by atoms with Crippen molar-refractivity contribution in [3.8, 4) is 5.75 Å². The van der Waals surface area contributed by atoms with Crippen LogP contribution in [0.5, 0.6) is 5.75 Å². The Morgan fingerprint density at radius 1 is 0.803 bits per heavy atom. The third-order valence-electron chi connectivity index (χ3n) is 9.12. The zero-order valence-corrected chi connectivity index (χ0v) is 35.4. The number of hydrogen-bond acceptors (Lipinski definition) is 12. The Morgan fingerprint density at radius 3 is 1.93 bits per heavy atom. The van der Waals surface area contributed by atoms with E-state index in [1.165, 1.54) is 31.3 Å². The average molecular weight is 879 g/mol. The van der Waals surface area contributed by atoms with E-state index in [0.29, 0.717) is 44.2 Å². The van der Waals surface area contributed by atoms with Crippen molar-refractivity contribution in [1.82, 2.24) is 8.61 Å². The molecule has 2 aliphatic heterocycles. The van der Waals surface area contributed by atoms with Gasteiger partial charge in [-0.05, 0) is 75.2 Å². The fourth-order valence-corrected chi connectivity index (χ4v) is 9.49. The summed E-state index contributed by atoms with van der Waals surface area (Å²) in [6.45, 7) is 4.59. The van der Waals surface area contributed by atoms with E-state index in [-0.39, 0.29) is 39.3 Å². The van der Waals surface area contributed by atoms with E-state index in [9.17, 15) is 40.7 Å². The lowest BCUT2D eigenvalue weighted by Gasteiger charge is -2.38. The SMILES string of the molecule is CCCCN1C(=O)C(Nc2ccc3cc(C(=O)OC(C)(C)C)oc3c2)=C(c2ccccc2)S1(O)O.CN1C(=O)C(Nc2ccc(OC(F)F)cc2)=C(c2ccccc2)S1(=O)=O. The Kier molecular flexibility index (Phi) is 12.9. The molecule has 0 fully saturated rings. The average Bonchev–Trinajstić information content (AvgIpc) is 3.77. The quantitative estimate of drug-likeness (QED) is 0.0871. The number of esters is 1. The van der Waals surface area contributed by atoms with Gasteiger partial charge in [-0.25, -0.2) is 21.8 Å². The zero-order chi connectivity index (χ0) is 44.3. The number of rotatable bonds is 12. The minimum atomic E-state index is -3.98. The van der Waals surface area contributed by atoms with Gasteiger partial charge in [0.05, 0.1) is 0 Å². The van der Waals surface area contributed by atoms with E-state index in [4.69, 9.17) is 9.15 Å². The number of furan rings is 1. The highest BCUT2D eigenvalue weighted by molar-refractivity contribution is 8.31.